The highest BCUT2D eigenvalue weighted by atomic mass is 16.3. The molecule has 0 aliphatic heterocycles. The van der Waals surface area contributed by atoms with Gasteiger partial charge >= 0.3 is 0 Å². The molecule has 1 aliphatic carbocycles. The van der Waals surface area contributed by atoms with E-state index in [1.807, 2.05) is 0 Å². The van der Waals surface area contributed by atoms with Crippen LogP contribution in [0.25, 0.3) is 22.3 Å². The van der Waals surface area contributed by atoms with E-state index in [0.717, 1.165) is 61.2 Å². The largest absolute Gasteiger partial charge is 0.376 e. The molecule has 0 spiro atoms. The number of rotatable bonds is 5. The second-order valence-corrected chi connectivity index (χ2v) is 14.5. The van der Waals surface area contributed by atoms with Crippen molar-refractivity contribution in [2.75, 3.05) is 0 Å². The van der Waals surface area contributed by atoms with Crippen molar-refractivity contribution in [2.24, 2.45) is 0 Å². The van der Waals surface area contributed by atoms with Crippen LogP contribution in [0, 0.1) is 76.2 Å². The molecule has 6 rings (SSSR count). The summed E-state index contributed by atoms with van der Waals surface area (Å²) in [5.41, 5.74) is 20.9. The van der Waals surface area contributed by atoms with Crippen molar-refractivity contribution in [1.82, 2.24) is 0 Å². The predicted molar refractivity (Wildman–Crippen MR) is 202 cm³/mol. The first-order valence-corrected chi connectivity index (χ1v) is 16.8. The summed E-state index contributed by atoms with van der Waals surface area (Å²) in [4.78, 5) is 0. The van der Waals surface area contributed by atoms with E-state index in [9.17, 15) is 5.11 Å². The second kappa shape index (κ2) is 12.0. The van der Waals surface area contributed by atoms with Crippen molar-refractivity contribution in [3.63, 3.8) is 0 Å². The highest BCUT2D eigenvalue weighted by Crippen LogP contribution is 2.62. The van der Waals surface area contributed by atoms with Gasteiger partial charge < -0.3 is 5.11 Å². The van der Waals surface area contributed by atoms with Gasteiger partial charge in [-0.15, -0.1) is 0 Å². The van der Waals surface area contributed by atoms with Crippen molar-refractivity contribution in [1.29, 1.82) is 0 Å². The molecule has 0 aromatic heterocycles. The SMILES string of the molecule is Cc1cc(C)cc(C2=C(c3cc(C)cc(C)c3)C(O)(c3c(C)cc(C)cc3C)C(c3cc(C)cc(C)c3)=C2c2cc(C)cc(C)c2)c1. The molecule has 1 aliphatic rings. The number of hydrogen-bond donors (Lipinski definition) is 1. The zero-order valence-electron chi connectivity index (χ0n) is 30.0. The fourth-order valence-electron chi connectivity index (χ4n) is 8.50. The van der Waals surface area contributed by atoms with Crippen molar-refractivity contribution in [2.45, 2.75) is 81.8 Å². The summed E-state index contributed by atoms with van der Waals surface area (Å²) in [6.45, 7) is 23.8. The summed E-state index contributed by atoms with van der Waals surface area (Å²) in [7, 11) is 0. The highest BCUT2D eigenvalue weighted by Gasteiger charge is 2.50. The van der Waals surface area contributed by atoms with E-state index in [0.29, 0.717) is 0 Å². The molecular weight excluding hydrogens is 569 g/mol. The average molecular weight is 617 g/mol. The van der Waals surface area contributed by atoms with E-state index in [-0.39, 0.29) is 0 Å². The van der Waals surface area contributed by atoms with Crippen molar-refractivity contribution in [3.8, 4) is 0 Å². The van der Waals surface area contributed by atoms with Gasteiger partial charge in [-0.25, -0.2) is 0 Å². The smallest absolute Gasteiger partial charge is 0.143 e. The van der Waals surface area contributed by atoms with Crippen LogP contribution in [0.1, 0.15) is 89.0 Å². The first-order chi connectivity index (χ1) is 22.1. The lowest BCUT2D eigenvalue weighted by Crippen LogP contribution is -2.30. The first kappa shape index (κ1) is 32.5. The summed E-state index contributed by atoms with van der Waals surface area (Å²) >= 11 is 0. The van der Waals surface area contributed by atoms with Crippen molar-refractivity contribution in [3.05, 3.63) is 174 Å². The molecule has 238 valence electrons. The summed E-state index contributed by atoms with van der Waals surface area (Å²) in [5.74, 6) is 0. The minimum Gasteiger partial charge on any atom is -0.376 e. The molecule has 0 saturated heterocycles. The molecule has 47 heavy (non-hydrogen) atoms. The summed E-state index contributed by atoms with van der Waals surface area (Å²) in [5, 5.41) is 14.2. The maximum absolute atomic E-state index is 14.2. The Labute approximate surface area is 282 Å². The third-order valence-corrected chi connectivity index (χ3v) is 9.55. The Balaban J connectivity index is 1.95. The van der Waals surface area contributed by atoms with Crippen LogP contribution in [0.15, 0.2) is 84.9 Å². The van der Waals surface area contributed by atoms with Gasteiger partial charge in [0.15, 0.2) is 0 Å². The topological polar surface area (TPSA) is 20.2 Å². The first-order valence-electron chi connectivity index (χ1n) is 16.8. The Morgan fingerprint density at radius 2 is 0.553 bits per heavy atom. The maximum Gasteiger partial charge on any atom is 0.143 e. The molecule has 0 fully saturated rings. The molecule has 0 saturated carbocycles. The lowest BCUT2D eigenvalue weighted by molar-refractivity contribution is 0.166. The fourth-order valence-corrected chi connectivity index (χ4v) is 8.50. The Kier molecular flexibility index (Phi) is 8.27. The summed E-state index contributed by atoms with van der Waals surface area (Å²) < 4.78 is 0. The molecule has 0 bridgehead atoms. The van der Waals surface area contributed by atoms with Crippen molar-refractivity contribution < 1.29 is 5.11 Å². The van der Waals surface area contributed by atoms with Crippen LogP contribution in [0.5, 0.6) is 0 Å². The van der Waals surface area contributed by atoms with Gasteiger partial charge in [0, 0.05) is 11.1 Å². The molecule has 5 aromatic carbocycles. The van der Waals surface area contributed by atoms with Crippen LogP contribution >= 0.6 is 0 Å². The third-order valence-electron chi connectivity index (χ3n) is 9.55. The van der Waals surface area contributed by atoms with Crippen LogP contribution in [0.2, 0.25) is 0 Å². The number of benzene rings is 5. The molecule has 1 nitrogen and oxygen atoms in total. The molecule has 0 heterocycles. The van der Waals surface area contributed by atoms with E-state index < -0.39 is 5.60 Å². The van der Waals surface area contributed by atoms with E-state index in [1.165, 1.54) is 50.1 Å². The predicted octanol–water partition coefficient (Wildman–Crippen LogP) is 11.5. The zero-order chi connectivity index (χ0) is 33.9. The molecule has 0 radical (unpaired) electrons. The molecule has 0 atom stereocenters. The molecule has 0 amide bonds. The average Bonchev–Trinajstić information content (AvgIpc) is 3.20. The van der Waals surface area contributed by atoms with Gasteiger partial charge in [-0.1, -0.05) is 135 Å². The van der Waals surface area contributed by atoms with Gasteiger partial charge in [-0.05, 0) is 126 Å². The van der Waals surface area contributed by atoms with Crippen LogP contribution in [0.3, 0.4) is 0 Å². The molecule has 0 unspecified atom stereocenters. The number of allylic oxidation sites excluding steroid dienone is 2. The lowest BCUT2D eigenvalue weighted by atomic mass is 9.73. The second-order valence-electron chi connectivity index (χ2n) is 14.5. The van der Waals surface area contributed by atoms with Gasteiger partial charge in [0.25, 0.3) is 0 Å². The Morgan fingerprint density at radius 3 is 0.830 bits per heavy atom. The standard InChI is InChI=1S/C46H48O/c1-26-12-27(2)19-37(18-26)41-42(38-20-28(3)13-29(4)21-38)45(40-24-32(7)15-33(8)25-40)46(47,43-35(10)16-34(9)17-36(43)11)44(41)39-22-30(5)14-31(6)23-39/h12-25,47H,1-11H3. The van der Waals surface area contributed by atoms with E-state index >= 15 is 0 Å². The number of aliphatic hydroxyl groups is 1. The Bertz CT molecular complexity index is 1920. The van der Waals surface area contributed by atoms with E-state index in [1.54, 1.807) is 0 Å². The zero-order valence-corrected chi connectivity index (χ0v) is 30.0. The van der Waals surface area contributed by atoms with Crippen LogP contribution in [-0.4, -0.2) is 5.11 Å². The van der Waals surface area contributed by atoms with Gasteiger partial charge in [-0.3, -0.25) is 0 Å². The fraction of sp³-hybridized carbons (Fsp3) is 0.261. The van der Waals surface area contributed by atoms with Crippen LogP contribution < -0.4 is 0 Å². The minimum atomic E-state index is -1.44. The van der Waals surface area contributed by atoms with Crippen LogP contribution in [0.4, 0.5) is 0 Å². The summed E-state index contributed by atoms with van der Waals surface area (Å²) in [6.07, 6.45) is 0. The van der Waals surface area contributed by atoms with Gasteiger partial charge in [-0.2, -0.15) is 0 Å². The highest BCUT2D eigenvalue weighted by molar-refractivity contribution is 6.31. The molecular formula is C46H48O. The van der Waals surface area contributed by atoms with E-state index in [2.05, 4.69) is 161 Å². The lowest BCUT2D eigenvalue weighted by Gasteiger charge is -2.35. The van der Waals surface area contributed by atoms with Gasteiger partial charge in [0.05, 0.1) is 0 Å². The van der Waals surface area contributed by atoms with Crippen molar-refractivity contribution >= 4 is 22.3 Å². The van der Waals surface area contributed by atoms with Gasteiger partial charge in [0.2, 0.25) is 0 Å². The minimum absolute atomic E-state index is 0.952. The molecule has 5 aromatic rings. The number of hydrogen-bond acceptors (Lipinski definition) is 1. The Hall–Kier alpha value is -4.46. The monoisotopic (exact) mass is 616 g/mol. The summed E-state index contributed by atoms with van der Waals surface area (Å²) in [6, 6.07) is 31.6. The van der Waals surface area contributed by atoms with E-state index in [4.69, 9.17) is 0 Å². The Morgan fingerprint density at radius 1 is 0.319 bits per heavy atom. The van der Waals surface area contributed by atoms with Crippen LogP contribution in [-0.2, 0) is 5.60 Å². The quantitative estimate of drug-likeness (QED) is 0.208. The maximum atomic E-state index is 14.2. The number of aryl methyl sites for hydroxylation is 11. The van der Waals surface area contributed by atoms with Gasteiger partial charge in [0.1, 0.15) is 5.60 Å². The molecule has 1 heteroatoms. The molecule has 1 N–H and O–H groups in total. The third kappa shape index (κ3) is 5.83. The normalized spacial score (nSPS) is 14.4.